The molecule has 1 unspecified atom stereocenters. The zero-order chi connectivity index (χ0) is 11.1. The van der Waals surface area contributed by atoms with Gasteiger partial charge in [-0.05, 0) is 38.5 Å². The number of hydrogen-bond acceptors (Lipinski definition) is 1. The van der Waals surface area contributed by atoms with Crippen LogP contribution < -0.4 is 0 Å². The smallest absolute Gasteiger partial charge is 0.0830 e. The van der Waals surface area contributed by atoms with Gasteiger partial charge >= 0.3 is 0 Å². The molecule has 1 nitrogen and oxygen atoms in total. The quantitative estimate of drug-likeness (QED) is 0.654. The second-order valence-corrected chi connectivity index (χ2v) is 4.69. The molecule has 1 N–H and O–H groups in total. The summed E-state index contributed by atoms with van der Waals surface area (Å²) < 4.78 is 0. The lowest BCUT2D eigenvalue weighted by Crippen LogP contribution is -2.28. The van der Waals surface area contributed by atoms with Gasteiger partial charge in [-0.1, -0.05) is 37.5 Å². The first-order valence-corrected chi connectivity index (χ1v) is 6.24. The summed E-state index contributed by atoms with van der Waals surface area (Å²) in [6, 6.07) is 0. The predicted molar refractivity (Wildman–Crippen MR) is 65.8 cm³/mol. The average Bonchev–Trinajstić information content (AvgIpc) is 2.24. The van der Waals surface area contributed by atoms with E-state index in [1.807, 2.05) is 6.08 Å². The van der Waals surface area contributed by atoms with Crippen LogP contribution >= 0.6 is 0 Å². The summed E-state index contributed by atoms with van der Waals surface area (Å²) in [5.41, 5.74) is 0.935. The van der Waals surface area contributed by atoms with E-state index in [0.29, 0.717) is 0 Å². The molecule has 86 valence electrons. The van der Waals surface area contributed by atoms with Crippen molar-refractivity contribution in [2.24, 2.45) is 0 Å². The minimum absolute atomic E-state index is 0.495. The molecule has 0 amide bonds. The lowest BCUT2D eigenvalue weighted by molar-refractivity contribution is 0.0613. The lowest BCUT2D eigenvalue weighted by Gasteiger charge is -2.30. The van der Waals surface area contributed by atoms with E-state index >= 15 is 0 Å². The average molecular weight is 208 g/mol. The van der Waals surface area contributed by atoms with Crippen LogP contribution in [0.4, 0.5) is 0 Å². The molecule has 0 saturated carbocycles. The highest BCUT2D eigenvalue weighted by molar-refractivity contribution is 5.15. The van der Waals surface area contributed by atoms with Gasteiger partial charge in [0.1, 0.15) is 0 Å². The van der Waals surface area contributed by atoms with Gasteiger partial charge < -0.3 is 5.11 Å². The molecular formula is C14H24O. The Morgan fingerprint density at radius 3 is 3.07 bits per heavy atom. The molecule has 0 aliphatic heterocycles. The maximum Gasteiger partial charge on any atom is 0.0830 e. The summed E-state index contributed by atoms with van der Waals surface area (Å²) in [6.07, 6.45) is 12.7. The Bertz CT molecular complexity index is 229. The summed E-state index contributed by atoms with van der Waals surface area (Å²) >= 11 is 0. The van der Waals surface area contributed by atoms with Crippen molar-refractivity contribution in [2.75, 3.05) is 0 Å². The van der Waals surface area contributed by atoms with Crippen LogP contribution in [0, 0.1) is 0 Å². The maximum absolute atomic E-state index is 10.4. The zero-order valence-corrected chi connectivity index (χ0v) is 9.97. The van der Waals surface area contributed by atoms with Gasteiger partial charge in [-0.15, -0.1) is 6.58 Å². The minimum atomic E-state index is -0.495. The van der Waals surface area contributed by atoms with Crippen LogP contribution in [0.3, 0.4) is 0 Å². The molecule has 1 aliphatic rings. The van der Waals surface area contributed by atoms with Crippen molar-refractivity contribution in [3.05, 3.63) is 24.3 Å². The van der Waals surface area contributed by atoms with Crippen LogP contribution in [0.2, 0.25) is 0 Å². The molecular weight excluding hydrogens is 184 g/mol. The zero-order valence-electron chi connectivity index (χ0n) is 9.97. The number of aliphatic hydroxyl groups is 1. The Hall–Kier alpha value is -0.560. The van der Waals surface area contributed by atoms with E-state index < -0.39 is 5.60 Å². The Labute approximate surface area is 93.9 Å². The fourth-order valence-corrected chi connectivity index (χ4v) is 2.31. The number of allylic oxidation sites excluding steroid dienone is 2. The molecule has 1 atom stereocenters. The van der Waals surface area contributed by atoms with Gasteiger partial charge in [0.25, 0.3) is 0 Å². The van der Waals surface area contributed by atoms with Crippen molar-refractivity contribution in [1.29, 1.82) is 0 Å². The molecule has 1 rings (SSSR count). The summed E-state index contributed by atoms with van der Waals surface area (Å²) in [5.74, 6) is 0. The molecule has 0 fully saturated rings. The molecule has 0 saturated heterocycles. The normalized spacial score (nSPS) is 26.1. The standard InChI is InChI=1S/C14H24O/c1-3-5-8-13-9-7-11-14(15,12-13)10-6-4-2/h3,12,15H,1,4-11H2,2H3. The fraction of sp³-hybridized carbons (Fsp3) is 0.714. The maximum atomic E-state index is 10.4. The van der Waals surface area contributed by atoms with Crippen LogP contribution in [0.25, 0.3) is 0 Å². The van der Waals surface area contributed by atoms with Gasteiger partial charge in [0.15, 0.2) is 0 Å². The van der Waals surface area contributed by atoms with Crippen molar-refractivity contribution in [1.82, 2.24) is 0 Å². The summed E-state index contributed by atoms with van der Waals surface area (Å²) in [5, 5.41) is 10.4. The number of unbranched alkanes of at least 4 members (excludes halogenated alkanes) is 1. The second kappa shape index (κ2) is 6.12. The van der Waals surface area contributed by atoms with Gasteiger partial charge in [-0.3, -0.25) is 0 Å². The molecule has 0 heterocycles. The van der Waals surface area contributed by atoms with Crippen LogP contribution in [-0.4, -0.2) is 10.7 Å². The van der Waals surface area contributed by atoms with Gasteiger partial charge in [0, 0.05) is 0 Å². The molecule has 15 heavy (non-hydrogen) atoms. The monoisotopic (exact) mass is 208 g/mol. The van der Waals surface area contributed by atoms with Gasteiger partial charge in [0.2, 0.25) is 0 Å². The van der Waals surface area contributed by atoms with Crippen molar-refractivity contribution >= 4 is 0 Å². The summed E-state index contributed by atoms with van der Waals surface area (Å²) in [6.45, 7) is 5.92. The first-order chi connectivity index (χ1) is 7.20. The van der Waals surface area contributed by atoms with E-state index in [-0.39, 0.29) is 0 Å². The third-order valence-electron chi connectivity index (χ3n) is 3.21. The molecule has 0 radical (unpaired) electrons. The molecule has 0 bridgehead atoms. The van der Waals surface area contributed by atoms with Gasteiger partial charge in [-0.2, -0.15) is 0 Å². The van der Waals surface area contributed by atoms with Crippen molar-refractivity contribution < 1.29 is 5.11 Å². The van der Waals surface area contributed by atoms with Crippen molar-refractivity contribution in [2.45, 2.75) is 63.9 Å². The molecule has 0 aromatic rings. The van der Waals surface area contributed by atoms with E-state index in [4.69, 9.17) is 0 Å². The largest absolute Gasteiger partial charge is 0.386 e. The van der Waals surface area contributed by atoms with E-state index in [2.05, 4.69) is 19.6 Å². The van der Waals surface area contributed by atoms with Crippen molar-refractivity contribution in [3.8, 4) is 0 Å². The van der Waals surface area contributed by atoms with E-state index in [0.717, 1.165) is 44.9 Å². The molecule has 1 heteroatoms. The summed E-state index contributed by atoms with van der Waals surface area (Å²) in [4.78, 5) is 0. The third-order valence-corrected chi connectivity index (χ3v) is 3.21. The summed E-state index contributed by atoms with van der Waals surface area (Å²) in [7, 11) is 0. The Balaban J connectivity index is 2.53. The van der Waals surface area contributed by atoms with Crippen LogP contribution in [-0.2, 0) is 0 Å². The van der Waals surface area contributed by atoms with Gasteiger partial charge in [0.05, 0.1) is 5.60 Å². The van der Waals surface area contributed by atoms with E-state index in [1.165, 1.54) is 12.0 Å². The molecule has 0 aromatic heterocycles. The topological polar surface area (TPSA) is 20.2 Å². The first kappa shape index (κ1) is 12.5. The van der Waals surface area contributed by atoms with E-state index in [9.17, 15) is 5.11 Å². The number of rotatable bonds is 6. The van der Waals surface area contributed by atoms with Gasteiger partial charge in [-0.25, -0.2) is 0 Å². The van der Waals surface area contributed by atoms with Crippen LogP contribution in [0.1, 0.15) is 58.3 Å². The third kappa shape index (κ3) is 4.21. The second-order valence-electron chi connectivity index (χ2n) is 4.69. The Morgan fingerprint density at radius 2 is 2.40 bits per heavy atom. The van der Waals surface area contributed by atoms with E-state index in [1.54, 1.807) is 0 Å². The Kier molecular flexibility index (Phi) is 5.10. The highest BCUT2D eigenvalue weighted by Gasteiger charge is 2.26. The predicted octanol–water partition coefficient (Wildman–Crippen LogP) is 3.98. The molecule has 1 aliphatic carbocycles. The SMILES string of the molecule is C=CCCC1=CC(O)(CCCC)CCC1. The Morgan fingerprint density at radius 1 is 1.60 bits per heavy atom. The first-order valence-electron chi connectivity index (χ1n) is 6.24. The lowest BCUT2D eigenvalue weighted by atomic mass is 9.82. The minimum Gasteiger partial charge on any atom is -0.386 e. The number of hydrogen-bond donors (Lipinski definition) is 1. The highest BCUT2D eigenvalue weighted by atomic mass is 16.3. The van der Waals surface area contributed by atoms with Crippen molar-refractivity contribution in [3.63, 3.8) is 0 Å². The van der Waals surface area contributed by atoms with Crippen LogP contribution in [0.5, 0.6) is 0 Å². The highest BCUT2D eigenvalue weighted by Crippen LogP contribution is 2.32. The fourth-order valence-electron chi connectivity index (χ4n) is 2.31. The van der Waals surface area contributed by atoms with Crippen LogP contribution in [0.15, 0.2) is 24.3 Å². The molecule has 0 aromatic carbocycles. The molecule has 0 spiro atoms.